The van der Waals surface area contributed by atoms with Crippen molar-refractivity contribution in [3.8, 4) is 0 Å². The van der Waals surface area contributed by atoms with Crippen molar-refractivity contribution in [1.82, 2.24) is 0 Å². The van der Waals surface area contributed by atoms with Gasteiger partial charge in [-0.05, 0) is 44.4 Å². The van der Waals surface area contributed by atoms with E-state index in [0.717, 1.165) is 11.8 Å². The summed E-state index contributed by atoms with van der Waals surface area (Å²) in [6.07, 6.45) is 8.68. The van der Waals surface area contributed by atoms with Crippen LogP contribution in [-0.2, 0) is 4.74 Å². The van der Waals surface area contributed by atoms with Crippen molar-refractivity contribution in [3.05, 3.63) is 12.2 Å². The number of ether oxygens (including phenoxy) is 1. The average Bonchev–Trinajstić information content (AvgIpc) is 2.68. The summed E-state index contributed by atoms with van der Waals surface area (Å²) in [4.78, 5) is 0. The van der Waals surface area contributed by atoms with E-state index in [1.54, 1.807) is 0 Å². The van der Waals surface area contributed by atoms with E-state index in [2.05, 4.69) is 39.8 Å². The summed E-state index contributed by atoms with van der Waals surface area (Å²) in [5.74, 6) is 1.57. The molecule has 0 N–H and O–H groups in total. The molecule has 84 valence electrons. The molecule has 0 unspecified atom stereocenters. The van der Waals surface area contributed by atoms with Gasteiger partial charge in [-0.2, -0.15) is 0 Å². The van der Waals surface area contributed by atoms with Crippen molar-refractivity contribution in [3.63, 3.8) is 0 Å². The fraction of sp³-hybridized carbons (Fsp3) is 0.857. The Labute approximate surface area is 92.9 Å². The number of rotatable bonds is 0. The van der Waals surface area contributed by atoms with Crippen LogP contribution in [0.5, 0.6) is 0 Å². The number of allylic oxidation sites excluding steroid dienone is 1. The highest BCUT2D eigenvalue weighted by molar-refractivity contribution is 5.34. The topological polar surface area (TPSA) is 9.23 Å². The predicted molar refractivity (Wildman–Crippen MR) is 61.6 cm³/mol. The molecule has 0 aromatic rings. The molecule has 1 heterocycles. The Balaban J connectivity index is 2.00. The minimum absolute atomic E-state index is 0.0306. The largest absolute Gasteiger partial charge is 0.364 e. The third-order valence-electron chi connectivity index (χ3n) is 5.38. The van der Waals surface area contributed by atoms with Gasteiger partial charge in [0, 0.05) is 5.92 Å². The van der Waals surface area contributed by atoms with Crippen LogP contribution in [0.2, 0.25) is 0 Å². The molecule has 0 radical (unpaired) electrons. The maximum atomic E-state index is 6.42. The van der Waals surface area contributed by atoms with Crippen molar-refractivity contribution in [2.24, 2.45) is 17.3 Å². The number of hydrogen-bond donors (Lipinski definition) is 0. The smallest absolute Gasteiger partial charge is 0.0940 e. The quantitative estimate of drug-likeness (QED) is 0.551. The van der Waals surface area contributed by atoms with E-state index >= 15 is 0 Å². The molecule has 1 heteroatoms. The van der Waals surface area contributed by atoms with E-state index < -0.39 is 0 Å². The molecule has 3 atom stereocenters. The predicted octanol–water partition coefficient (Wildman–Crippen LogP) is 3.55. The van der Waals surface area contributed by atoms with Crippen LogP contribution in [0.25, 0.3) is 0 Å². The molecule has 2 fully saturated rings. The Kier molecular flexibility index (Phi) is 1.65. The molecule has 0 amide bonds. The van der Waals surface area contributed by atoms with E-state index in [4.69, 9.17) is 4.74 Å². The van der Waals surface area contributed by atoms with Gasteiger partial charge >= 0.3 is 0 Å². The van der Waals surface area contributed by atoms with Crippen molar-refractivity contribution < 1.29 is 4.74 Å². The van der Waals surface area contributed by atoms with E-state index in [9.17, 15) is 0 Å². The van der Waals surface area contributed by atoms with Gasteiger partial charge in [0.25, 0.3) is 0 Å². The normalized spacial score (nSPS) is 49.3. The van der Waals surface area contributed by atoms with Crippen LogP contribution >= 0.6 is 0 Å². The van der Waals surface area contributed by atoms with Gasteiger partial charge in [-0.3, -0.25) is 0 Å². The summed E-state index contributed by atoms with van der Waals surface area (Å²) in [6.45, 7) is 9.27. The summed E-state index contributed by atoms with van der Waals surface area (Å²) < 4.78 is 6.42. The molecule has 0 bridgehead atoms. The summed E-state index contributed by atoms with van der Waals surface area (Å²) in [5, 5.41) is 0. The molecule has 3 aliphatic rings. The van der Waals surface area contributed by atoms with Crippen LogP contribution in [0.15, 0.2) is 12.2 Å². The molecule has 3 rings (SSSR count). The van der Waals surface area contributed by atoms with Crippen LogP contribution < -0.4 is 0 Å². The Morgan fingerprint density at radius 3 is 2.67 bits per heavy atom. The van der Waals surface area contributed by atoms with Gasteiger partial charge in [-0.15, -0.1) is 0 Å². The molecule has 1 saturated carbocycles. The molecule has 1 nitrogen and oxygen atoms in total. The Morgan fingerprint density at radius 2 is 1.93 bits per heavy atom. The molecule has 2 aliphatic carbocycles. The zero-order valence-corrected chi connectivity index (χ0v) is 10.3. The lowest BCUT2D eigenvalue weighted by molar-refractivity contribution is -0.0911. The lowest BCUT2D eigenvalue weighted by Crippen LogP contribution is -2.40. The molecule has 1 saturated heterocycles. The zero-order valence-electron chi connectivity index (χ0n) is 10.3. The maximum absolute atomic E-state index is 6.42. The molecular weight excluding hydrogens is 184 g/mol. The Hall–Kier alpha value is -0.300. The second-order valence-electron chi connectivity index (χ2n) is 6.61. The van der Waals surface area contributed by atoms with Crippen molar-refractivity contribution in [1.29, 1.82) is 0 Å². The molecular formula is C14H22O. The highest BCUT2D eigenvalue weighted by atomic mass is 16.5. The number of fused-ring (bicyclic) bond motifs is 1. The summed E-state index contributed by atoms with van der Waals surface area (Å²) in [5.41, 5.74) is 0.478. The minimum atomic E-state index is 0.0306. The summed E-state index contributed by atoms with van der Waals surface area (Å²) in [6, 6.07) is 0. The summed E-state index contributed by atoms with van der Waals surface area (Å²) in [7, 11) is 0. The lowest BCUT2D eigenvalue weighted by Gasteiger charge is -2.38. The van der Waals surface area contributed by atoms with E-state index in [1.807, 2.05) is 0 Å². The molecule has 0 aromatic heterocycles. The van der Waals surface area contributed by atoms with Crippen LogP contribution in [0.3, 0.4) is 0 Å². The lowest BCUT2D eigenvalue weighted by atomic mass is 9.73. The highest BCUT2D eigenvalue weighted by Crippen LogP contribution is 2.74. The SMILES string of the molecule is CC1(C)O[C@@]23C=CCCC[C@@H]2[C@H]3C1(C)C. The van der Waals surface area contributed by atoms with Gasteiger partial charge in [0.15, 0.2) is 0 Å². The third-order valence-corrected chi connectivity index (χ3v) is 5.38. The second-order valence-corrected chi connectivity index (χ2v) is 6.61. The summed E-state index contributed by atoms with van der Waals surface area (Å²) >= 11 is 0. The zero-order chi connectivity index (χ0) is 10.9. The van der Waals surface area contributed by atoms with Gasteiger partial charge in [0.1, 0.15) is 0 Å². The van der Waals surface area contributed by atoms with E-state index in [-0.39, 0.29) is 11.2 Å². The van der Waals surface area contributed by atoms with Crippen molar-refractivity contribution >= 4 is 0 Å². The standard InChI is InChI=1S/C14H22O/c1-12(2)11-10-8-6-5-7-9-14(10,11)15-13(12,3)4/h7,9-11H,5-6,8H2,1-4H3/t10-,11+,14+/m1/s1. The maximum Gasteiger partial charge on any atom is 0.0940 e. The van der Waals surface area contributed by atoms with Gasteiger partial charge in [-0.25, -0.2) is 0 Å². The molecule has 15 heavy (non-hydrogen) atoms. The first-order chi connectivity index (χ1) is 6.92. The van der Waals surface area contributed by atoms with E-state index in [0.29, 0.717) is 5.41 Å². The van der Waals surface area contributed by atoms with E-state index in [1.165, 1.54) is 19.3 Å². The van der Waals surface area contributed by atoms with Crippen LogP contribution in [0, 0.1) is 17.3 Å². The van der Waals surface area contributed by atoms with Crippen LogP contribution in [0.4, 0.5) is 0 Å². The second kappa shape index (κ2) is 2.51. The van der Waals surface area contributed by atoms with Crippen molar-refractivity contribution in [2.75, 3.05) is 0 Å². The fourth-order valence-electron chi connectivity index (χ4n) is 3.99. The minimum Gasteiger partial charge on any atom is -0.364 e. The Morgan fingerprint density at radius 1 is 1.20 bits per heavy atom. The van der Waals surface area contributed by atoms with Gasteiger partial charge in [0.2, 0.25) is 0 Å². The average molecular weight is 206 g/mol. The van der Waals surface area contributed by atoms with Gasteiger partial charge in [0.05, 0.1) is 11.2 Å². The van der Waals surface area contributed by atoms with Crippen LogP contribution in [-0.4, -0.2) is 11.2 Å². The molecule has 1 aliphatic heterocycles. The van der Waals surface area contributed by atoms with Gasteiger partial charge < -0.3 is 4.74 Å². The fourth-order valence-corrected chi connectivity index (χ4v) is 3.99. The molecule has 0 aromatic carbocycles. The first-order valence-corrected chi connectivity index (χ1v) is 6.30. The monoisotopic (exact) mass is 206 g/mol. The van der Waals surface area contributed by atoms with Gasteiger partial charge in [-0.1, -0.05) is 26.0 Å². The van der Waals surface area contributed by atoms with Crippen molar-refractivity contribution in [2.45, 2.75) is 58.2 Å². The number of hydrogen-bond acceptors (Lipinski definition) is 1. The third kappa shape index (κ3) is 0.982. The first-order valence-electron chi connectivity index (χ1n) is 6.30. The first kappa shape index (κ1) is 9.89. The highest BCUT2D eigenvalue weighted by Gasteiger charge is 2.78. The Bertz CT molecular complexity index is 326. The molecule has 1 spiro atoms. The van der Waals surface area contributed by atoms with Crippen LogP contribution in [0.1, 0.15) is 47.0 Å².